The summed E-state index contributed by atoms with van der Waals surface area (Å²) in [6, 6.07) is 12.1. The predicted octanol–water partition coefficient (Wildman–Crippen LogP) is 3.55. The molecule has 8 heteroatoms. The Morgan fingerprint density at radius 2 is 1.80 bits per heavy atom. The normalized spacial score (nSPS) is 14.4. The zero-order valence-electron chi connectivity index (χ0n) is 20.4. The zero-order chi connectivity index (χ0) is 24.5. The van der Waals surface area contributed by atoms with Crippen molar-refractivity contribution in [1.29, 1.82) is 0 Å². The number of anilines is 3. The minimum absolute atomic E-state index is 0.0815. The molecule has 1 saturated heterocycles. The van der Waals surface area contributed by atoms with Gasteiger partial charge in [-0.15, -0.1) is 0 Å². The third-order valence-electron chi connectivity index (χ3n) is 6.75. The van der Waals surface area contributed by atoms with Gasteiger partial charge in [0.05, 0.1) is 0 Å². The number of pyridine rings is 3. The van der Waals surface area contributed by atoms with Gasteiger partial charge in [0.1, 0.15) is 11.6 Å². The molecule has 1 aliphatic rings. The molecule has 8 nitrogen and oxygen atoms in total. The first-order valence-corrected chi connectivity index (χ1v) is 11.9. The number of aryl methyl sites for hydroxylation is 2. The second-order valence-electron chi connectivity index (χ2n) is 9.31. The van der Waals surface area contributed by atoms with Crippen LogP contribution in [0.1, 0.15) is 16.8 Å². The fourth-order valence-corrected chi connectivity index (χ4v) is 4.67. The molecular weight excluding hydrogens is 438 g/mol. The minimum Gasteiger partial charge on any atom is -0.398 e. The van der Waals surface area contributed by atoms with Crippen LogP contribution in [0.3, 0.4) is 0 Å². The first-order valence-electron chi connectivity index (χ1n) is 11.9. The van der Waals surface area contributed by atoms with E-state index in [1.54, 1.807) is 6.20 Å². The van der Waals surface area contributed by atoms with E-state index in [-0.39, 0.29) is 5.56 Å². The molecule has 1 aliphatic heterocycles. The molecule has 0 atom stereocenters. The Morgan fingerprint density at radius 3 is 2.51 bits per heavy atom. The molecule has 4 heterocycles. The van der Waals surface area contributed by atoms with Gasteiger partial charge >= 0.3 is 0 Å². The Labute approximate surface area is 204 Å². The van der Waals surface area contributed by atoms with Crippen molar-refractivity contribution in [2.24, 2.45) is 0 Å². The third-order valence-corrected chi connectivity index (χ3v) is 6.75. The average molecular weight is 470 g/mol. The van der Waals surface area contributed by atoms with E-state index in [4.69, 9.17) is 10.7 Å². The fourth-order valence-electron chi connectivity index (χ4n) is 4.67. The van der Waals surface area contributed by atoms with Gasteiger partial charge in [0.2, 0.25) is 0 Å². The number of hydrogen-bond acceptors (Lipinski definition) is 7. The summed E-state index contributed by atoms with van der Waals surface area (Å²) in [5.74, 6) is 1.69. The van der Waals surface area contributed by atoms with Gasteiger partial charge in [-0.05, 0) is 68.4 Å². The molecular formula is C27H31N7O. The Kier molecular flexibility index (Phi) is 6.13. The lowest BCUT2D eigenvalue weighted by Crippen LogP contribution is -2.44. The standard InChI is InChI=1S/C27H31N7O/c1-17-12-18(2)32-27(35)23(17)16-31-26-22-13-20(14-24(28)21(22)6-7-29-26)19-4-5-25(30-15-19)34-10-8-33(3)9-11-34/h4-7,12-15H,8-11,16,28H2,1-3H3,(H,29,31)(H,32,35). The van der Waals surface area contributed by atoms with Crippen molar-refractivity contribution >= 4 is 28.1 Å². The molecule has 3 aromatic heterocycles. The summed E-state index contributed by atoms with van der Waals surface area (Å²) < 4.78 is 0. The summed E-state index contributed by atoms with van der Waals surface area (Å²) in [5.41, 5.74) is 11.5. The van der Waals surface area contributed by atoms with Crippen molar-refractivity contribution in [3.63, 3.8) is 0 Å². The first kappa shape index (κ1) is 22.9. The number of likely N-dealkylation sites (N-methyl/N-ethyl adjacent to an activating group) is 1. The Morgan fingerprint density at radius 1 is 1.00 bits per heavy atom. The number of aromatic nitrogens is 3. The molecule has 1 aromatic carbocycles. The molecule has 0 spiro atoms. The monoisotopic (exact) mass is 469 g/mol. The van der Waals surface area contributed by atoms with Gasteiger partial charge < -0.3 is 25.8 Å². The van der Waals surface area contributed by atoms with E-state index in [1.165, 1.54) is 0 Å². The summed E-state index contributed by atoms with van der Waals surface area (Å²) in [5, 5.41) is 5.18. The van der Waals surface area contributed by atoms with E-state index < -0.39 is 0 Å². The maximum absolute atomic E-state index is 12.4. The van der Waals surface area contributed by atoms with E-state index in [1.807, 2.05) is 38.2 Å². The van der Waals surface area contributed by atoms with Crippen molar-refractivity contribution in [3.8, 4) is 11.1 Å². The van der Waals surface area contributed by atoms with Crippen LogP contribution in [0.5, 0.6) is 0 Å². The topological polar surface area (TPSA) is 103 Å². The van der Waals surface area contributed by atoms with Crippen LogP contribution < -0.4 is 21.5 Å². The van der Waals surface area contributed by atoms with Crippen molar-refractivity contribution in [2.75, 3.05) is 49.2 Å². The Balaban J connectivity index is 1.44. The van der Waals surface area contributed by atoms with Gasteiger partial charge in [0.15, 0.2) is 0 Å². The molecule has 0 aliphatic carbocycles. The summed E-state index contributed by atoms with van der Waals surface area (Å²) in [6.07, 6.45) is 3.65. The van der Waals surface area contributed by atoms with Crippen LogP contribution in [0.25, 0.3) is 21.9 Å². The first-order chi connectivity index (χ1) is 16.9. The number of rotatable bonds is 5. The van der Waals surface area contributed by atoms with Gasteiger partial charge in [-0.25, -0.2) is 9.97 Å². The van der Waals surface area contributed by atoms with Crippen LogP contribution in [0, 0.1) is 13.8 Å². The number of H-pyrrole nitrogens is 1. The number of hydrogen-bond donors (Lipinski definition) is 3. The molecule has 0 saturated carbocycles. The maximum atomic E-state index is 12.4. The van der Waals surface area contributed by atoms with Gasteiger partial charge in [-0.1, -0.05) is 0 Å². The zero-order valence-corrected chi connectivity index (χ0v) is 20.4. The maximum Gasteiger partial charge on any atom is 0.253 e. The number of benzene rings is 1. The molecule has 1 fully saturated rings. The largest absolute Gasteiger partial charge is 0.398 e. The second-order valence-corrected chi connectivity index (χ2v) is 9.31. The number of nitrogen functional groups attached to an aromatic ring is 1. The number of aromatic amines is 1. The van der Waals surface area contributed by atoms with Crippen molar-refractivity contribution in [1.82, 2.24) is 19.9 Å². The highest BCUT2D eigenvalue weighted by atomic mass is 16.1. The van der Waals surface area contributed by atoms with Crippen LogP contribution in [0.4, 0.5) is 17.3 Å². The molecule has 0 bridgehead atoms. The minimum atomic E-state index is -0.0815. The van der Waals surface area contributed by atoms with E-state index >= 15 is 0 Å². The molecule has 0 unspecified atom stereocenters. The number of nitrogens with one attached hydrogen (secondary N) is 2. The summed E-state index contributed by atoms with van der Waals surface area (Å²) >= 11 is 0. The average Bonchev–Trinajstić information content (AvgIpc) is 2.84. The number of piperazine rings is 1. The van der Waals surface area contributed by atoms with Crippen LogP contribution in [-0.4, -0.2) is 53.1 Å². The highest BCUT2D eigenvalue weighted by molar-refractivity contribution is 6.02. The van der Waals surface area contributed by atoms with E-state index in [9.17, 15) is 4.79 Å². The lowest BCUT2D eigenvalue weighted by molar-refractivity contribution is 0.312. The van der Waals surface area contributed by atoms with Crippen molar-refractivity contribution in [3.05, 3.63) is 76.0 Å². The number of nitrogens with two attached hydrogens (primary N) is 1. The molecule has 4 N–H and O–H groups in total. The van der Waals surface area contributed by atoms with Gasteiger partial charge in [-0.3, -0.25) is 4.79 Å². The van der Waals surface area contributed by atoms with Crippen LogP contribution >= 0.6 is 0 Å². The molecule has 5 rings (SSSR count). The second kappa shape index (κ2) is 9.38. The quantitative estimate of drug-likeness (QED) is 0.384. The number of fused-ring (bicyclic) bond motifs is 1. The van der Waals surface area contributed by atoms with Crippen LogP contribution in [0.15, 0.2) is 53.6 Å². The predicted molar refractivity (Wildman–Crippen MR) is 143 cm³/mol. The summed E-state index contributed by atoms with van der Waals surface area (Å²) in [4.78, 5) is 29.3. The summed E-state index contributed by atoms with van der Waals surface area (Å²) in [7, 11) is 2.15. The lowest BCUT2D eigenvalue weighted by Gasteiger charge is -2.33. The smallest absolute Gasteiger partial charge is 0.253 e. The van der Waals surface area contributed by atoms with Gasteiger partial charge in [-0.2, -0.15) is 0 Å². The lowest BCUT2D eigenvalue weighted by atomic mass is 10.0. The molecule has 35 heavy (non-hydrogen) atoms. The highest BCUT2D eigenvalue weighted by Crippen LogP contribution is 2.33. The van der Waals surface area contributed by atoms with Crippen molar-refractivity contribution < 1.29 is 0 Å². The highest BCUT2D eigenvalue weighted by Gasteiger charge is 2.16. The van der Waals surface area contributed by atoms with Crippen molar-refractivity contribution in [2.45, 2.75) is 20.4 Å². The van der Waals surface area contributed by atoms with Gasteiger partial charge in [0, 0.05) is 78.4 Å². The van der Waals surface area contributed by atoms with Crippen LogP contribution in [0.2, 0.25) is 0 Å². The number of nitrogens with zero attached hydrogens (tertiary/aromatic N) is 4. The molecule has 180 valence electrons. The third kappa shape index (κ3) is 4.70. The molecule has 4 aromatic rings. The Hall–Kier alpha value is -3.91. The van der Waals surface area contributed by atoms with E-state index in [0.29, 0.717) is 23.6 Å². The van der Waals surface area contributed by atoms with E-state index in [0.717, 1.165) is 65.2 Å². The van der Waals surface area contributed by atoms with Crippen LogP contribution in [-0.2, 0) is 6.54 Å². The van der Waals surface area contributed by atoms with E-state index in [2.05, 4.69) is 50.3 Å². The summed E-state index contributed by atoms with van der Waals surface area (Å²) in [6.45, 7) is 8.26. The molecule has 0 radical (unpaired) electrons. The SMILES string of the molecule is Cc1cc(C)c(CNc2nccc3c(N)cc(-c4ccc(N5CCN(C)CC5)nc4)cc23)c(=O)[nH]1. The Bertz CT molecular complexity index is 1420. The fraction of sp³-hybridized carbons (Fsp3) is 0.296. The molecule has 0 amide bonds. The van der Waals surface area contributed by atoms with Gasteiger partial charge in [0.25, 0.3) is 5.56 Å².